The maximum absolute atomic E-state index is 14.3. The van der Waals surface area contributed by atoms with Crippen molar-refractivity contribution in [3.05, 3.63) is 70.2 Å². The highest BCUT2D eigenvalue weighted by Crippen LogP contribution is 2.54. The van der Waals surface area contributed by atoms with Crippen LogP contribution in [-0.2, 0) is 4.79 Å². The second-order valence-electron chi connectivity index (χ2n) is 12.4. The van der Waals surface area contributed by atoms with Crippen molar-refractivity contribution in [2.75, 3.05) is 6.54 Å². The van der Waals surface area contributed by atoms with Crippen molar-refractivity contribution in [1.29, 1.82) is 5.41 Å². The number of nitrogens with one attached hydrogen (secondary N) is 2. The molecular weight excluding hydrogens is 536 g/mol. The van der Waals surface area contributed by atoms with Gasteiger partial charge in [-0.15, -0.1) is 0 Å². The molecule has 2 fully saturated rings. The van der Waals surface area contributed by atoms with Crippen molar-refractivity contribution in [3.63, 3.8) is 0 Å². The number of hydrogen-bond acceptors (Lipinski definition) is 5. The zero-order chi connectivity index (χ0) is 27.9. The van der Waals surface area contributed by atoms with Crippen LogP contribution in [0.5, 0.6) is 0 Å². The smallest absolute Gasteiger partial charge is 0.275 e. The quantitative estimate of drug-likeness (QED) is 0.218. The van der Waals surface area contributed by atoms with Gasteiger partial charge in [0, 0.05) is 11.1 Å². The van der Waals surface area contributed by atoms with Crippen molar-refractivity contribution < 1.29 is 9.59 Å². The van der Waals surface area contributed by atoms with Crippen LogP contribution in [0, 0.1) is 22.7 Å². The van der Waals surface area contributed by atoms with Gasteiger partial charge in [0.2, 0.25) is 0 Å². The van der Waals surface area contributed by atoms with Gasteiger partial charge in [0.25, 0.3) is 11.8 Å². The monoisotopic (exact) mass is 580 g/mol. The molecule has 1 atom stereocenters. The molecule has 7 N–H and O–H groups in total. The Morgan fingerprint density at radius 2 is 1.73 bits per heavy atom. The largest absolute Gasteiger partial charge is 0.386 e. The zero-order valence-electron chi connectivity index (χ0n) is 23.7. The molecule has 9 heteroatoms. The van der Waals surface area contributed by atoms with Gasteiger partial charge in [-0.05, 0) is 79.5 Å². The summed E-state index contributed by atoms with van der Waals surface area (Å²) >= 11 is 6.58. The zero-order valence-corrected chi connectivity index (χ0v) is 24.4. The second-order valence-corrected chi connectivity index (χ2v) is 12.8. The summed E-state index contributed by atoms with van der Waals surface area (Å²) < 4.78 is 0. The summed E-state index contributed by atoms with van der Waals surface area (Å²) in [5.74, 6) is 0.494. The van der Waals surface area contributed by atoms with E-state index in [1.807, 2.05) is 36.4 Å². The summed E-state index contributed by atoms with van der Waals surface area (Å²) in [6.07, 6.45) is 5.78. The molecule has 3 aliphatic rings. The molecule has 0 bridgehead atoms. The minimum Gasteiger partial charge on any atom is -0.386 e. The third kappa shape index (κ3) is 6.49. The number of hydrogen-bond donors (Lipinski definition) is 4. The van der Waals surface area contributed by atoms with E-state index in [1.54, 1.807) is 12.1 Å². The number of amides is 2. The average Bonchev–Trinajstić information content (AvgIpc) is 3.70. The van der Waals surface area contributed by atoms with E-state index in [0.717, 1.165) is 44.1 Å². The molecule has 1 spiro atoms. The topological polar surface area (TPSA) is 147 Å². The van der Waals surface area contributed by atoms with E-state index in [9.17, 15) is 9.59 Å². The molecule has 0 unspecified atom stereocenters. The van der Waals surface area contributed by atoms with Crippen LogP contribution in [0.2, 0.25) is 5.02 Å². The molecule has 2 aliphatic carbocycles. The highest BCUT2D eigenvalue weighted by atomic mass is 35.5. The first-order valence-corrected chi connectivity index (χ1v) is 14.3. The minimum absolute atomic E-state index is 0. The van der Waals surface area contributed by atoms with E-state index >= 15 is 0 Å². The molecule has 41 heavy (non-hydrogen) atoms. The predicted octanol–water partition coefficient (Wildman–Crippen LogP) is 6.52. The predicted molar refractivity (Wildman–Crippen MR) is 167 cm³/mol. The van der Waals surface area contributed by atoms with Crippen LogP contribution >= 0.6 is 11.6 Å². The lowest BCUT2D eigenvalue weighted by molar-refractivity contribution is -0.134. The van der Waals surface area contributed by atoms with Crippen LogP contribution in [0.4, 0.5) is 0 Å². The third-order valence-corrected chi connectivity index (χ3v) is 8.96. The van der Waals surface area contributed by atoms with Gasteiger partial charge in [-0.2, -0.15) is 0 Å². The Balaban J connectivity index is 0.00000231. The summed E-state index contributed by atoms with van der Waals surface area (Å²) in [4.78, 5) is 34.2. The van der Waals surface area contributed by atoms with Crippen molar-refractivity contribution >= 4 is 35.0 Å². The molecule has 222 valence electrons. The van der Waals surface area contributed by atoms with Gasteiger partial charge in [-0.1, -0.05) is 70.1 Å². The Labute approximate surface area is 249 Å². The molecule has 1 heterocycles. The molecular formula is C32H45ClN6O2. The number of halogens is 1. The van der Waals surface area contributed by atoms with Crippen molar-refractivity contribution in [1.82, 2.24) is 16.4 Å². The number of amidine groups is 1. The molecule has 5 rings (SSSR count). The molecule has 8 nitrogen and oxygen atoms in total. The van der Waals surface area contributed by atoms with Gasteiger partial charge in [-0.25, -0.2) is 0 Å². The van der Waals surface area contributed by atoms with Crippen LogP contribution in [0.15, 0.2) is 53.5 Å². The molecule has 1 aliphatic heterocycles. The van der Waals surface area contributed by atoms with Crippen LogP contribution in [0.1, 0.15) is 94.2 Å². The fraction of sp³-hybridized carbons (Fsp3) is 0.500. The summed E-state index contributed by atoms with van der Waals surface area (Å²) in [6, 6.07) is 14.8. The summed E-state index contributed by atoms with van der Waals surface area (Å²) in [5.41, 5.74) is 7.65. The van der Waals surface area contributed by atoms with Crippen LogP contribution in [-0.4, -0.2) is 40.5 Å². The number of nitrogens with zero attached hydrogens (tertiary/aromatic N) is 2. The highest BCUT2D eigenvalue weighted by Gasteiger charge is 2.55. The average molecular weight is 581 g/mol. The SMILES string of the molecule is C.CC(C)(C)C1CCC2(CC1)N=C(c1ccccc1Cl)C(=O)N2[C@@H](c1ccc(C(=O)NCC(=N)N)cc1)C1CC1.N. The van der Waals surface area contributed by atoms with Crippen molar-refractivity contribution in [2.24, 2.45) is 28.0 Å². The van der Waals surface area contributed by atoms with Crippen molar-refractivity contribution in [3.8, 4) is 0 Å². The first kappa shape index (κ1) is 32.3. The van der Waals surface area contributed by atoms with Crippen LogP contribution in [0.3, 0.4) is 0 Å². The molecule has 0 saturated heterocycles. The standard InChI is InChI=1S/C31H38ClN5O2.CH4.H3N/c1-30(2,3)22-14-16-31(17-15-22)36-26(23-6-4-5-7-24(23)32)29(39)37(31)27(19-8-9-19)20-10-12-21(13-11-20)28(38)35-18-25(33)34;;/h4-7,10-13,19,22,27H,8-9,14-18H2,1-3H3,(H3,33,34)(H,35,38);1H4;1H3/t22?,27-,31?;;/m1../s1. The number of carbonyl (C=O) groups is 2. The van der Waals surface area contributed by atoms with E-state index in [2.05, 4.69) is 31.0 Å². The molecule has 0 aromatic heterocycles. The molecule has 2 amide bonds. The van der Waals surface area contributed by atoms with Gasteiger partial charge in [0.05, 0.1) is 17.6 Å². The highest BCUT2D eigenvalue weighted by molar-refractivity contribution is 6.50. The van der Waals surface area contributed by atoms with Gasteiger partial charge < -0.3 is 22.1 Å². The second kappa shape index (κ2) is 12.3. The van der Waals surface area contributed by atoms with Gasteiger partial charge >= 0.3 is 0 Å². The lowest BCUT2D eigenvalue weighted by Crippen LogP contribution is -2.52. The fourth-order valence-electron chi connectivity index (χ4n) is 6.28. The maximum atomic E-state index is 14.3. The van der Waals surface area contributed by atoms with E-state index in [4.69, 9.17) is 27.7 Å². The number of nitrogens with two attached hydrogens (primary N) is 1. The Morgan fingerprint density at radius 3 is 2.27 bits per heavy atom. The molecule has 2 aromatic rings. The summed E-state index contributed by atoms with van der Waals surface area (Å²) in [7, 11) is 0. The lowest BCUT2D eigenvalue weighted by Gasteiger charge is -2.47. The third-order valence-electron chi connectivity index (χ3n) is 8.63. The molecule has 2 saturated carbocycles. The lowest BCUT2D eigenvalue weighted by atomic mass is 9.69. The number of aliphatic imine (C=N–C) groups is 1. The van der Waals surface area contributed by atoms with E-state index in [0.29, 0.717) is 33.7 Å². The van der Waals surface area contributed by atoms with E-state index in [-0.39, 0.29) is 49.2 Å². The Morgan fingerprint density at radius 1 is 1.12 bits per heavy atom. The first-order valence-electron chi connectivity index (χ1n) is 13.9. The Kier molecular flexibility index (Phi) is 9.71. The minimum atomic E-state index is -0.599. The Bertz CT molecular complexity index is 1300. The first-order chi connectivity index (χ1) is 18.5. The maximum Gasteiger partial charge on any atom is 0.275 e. The number of carbonyl (C=O) groups excluding carboxylic acids is 2. The summed E-state index contributed by atoms with van der Waals surface area (Å²) in [5, 5.41) is 10.5. The van der Waals surface area contributed by atoms with E-state index in [1.165, 1.54) is 0 Å². The molecule has 2 aromatic carbocycles. The molecule has 0 radical (unpaired) electrons. The fourth-order valence-corrected chi connectivity index (χ4v) is 6.50. The van der Waals surface area contributed by atoms with Crippen LogP contribution < -0.4 is 17.2 Å². The van der Waals surface area contributed by atoms with Crippen molar-refractivity contribution in [2.45, 2.75) is 78.4 Å². The summed E-state index contributed by atoms with van der Waals surface area (Å²) in [6.45, 7) is 6.90. The Hall–Kier alpha value is -3.23. The van der Waals surface area contributed by atoms with E-state index < -0.39 is 5.66 Å². The number of benzene rings is 2. The normalized spacial score (nSPS) is 22.8. The van der Waals surface area contributed by atoms with Gasteiger partial charge in [0.15, 0.2) is 0 Å². The number of rotatable bonds is 7. The van der Waals surface area contributed by atoms with Crippen LogP contribution in [0.25, 0.3) is 0 Å². The van der Waals surface area contributed by atoms with Gasteiger partial charge in [-0.3, -0.25) is 20.0 Å². The van der Waals surface area contributed by atoms with Gasteiger partial charge in [0.1, 0.15) is 17.2 Å².